The lowest BCUT2D eigenvalue weighted by Gasteiger charge is -2.15. The normalized spacial score (nSPS) is 14.1. The monoisotopic (exact) mass is 443 g/mol. The highest BCUT2D eigenvalue weighted by Crippen LogP contribution is 2.34. The highest BCUT2D eigenvalue weighted by molar-refractivity contribution is 5.49. The van der Waals surface area contributed by atoms with Gasteiger partial charge in [-0.2, -0.15) is 0 Å². The Bertz CT molecular complexity index is 1160. The number of methoxy groups -OCH3 is 1. The third-order valence-electron chi connectivity index (χ3n) is 5.28. The van der Waals surface area contributed by atoms with Crippen molar-refractivity contribution in [3.8, 4) is 22.9 Å². The molecule has 0 saturated heterocycles. The van der Waals surface area contributed by atoms with Crippen LogP contribution in [0.15, 0.2) is 59.5 Å². The van der Waals surface area contributed by atoms with Gasteiger partial charge in [0.15, 0.2) is 23.1 Å². The van der Waals surface area contributed by atoms with Gasteiger partial charge in [0.2, 0.25) is 0 Å². The number of hydrogen-bond acceptors (Lipinski definition) is 5. The Hall–Kier alpha value is -3.39. The molecule has 0 unspecified atom stereocenters. The summed E-state index contributed by atoms with van der Waals surface area (Å²) >= 11 is 0. The lowest BCUT2D eigenvalue weighted by atomic mass is 10.2. The highest BCUT2D eigenvalue weighted by atomic mass is 19.2. The fraction of sp³-hybridized carbons (Fsp3) is 0.292. The average Bonchev–Trinajstić information content (AvgIpc) is 3.64. The smallest absolute Gasteiger partial charge is 0.258 e. The minimum atomic E-state index is -0.954. The topological polar surface area (TPSA) is 69.9 Å². The summed E-state index contributed by atoms with van der Waals surface area (Å²) in [6, 6.07) is 11.5. The summed E-state index contributed by atoms with van der Waals surface area (Å²) in [5, 5.41) is 9.99. The zero-order valence-electron chi connectivity index (χ0n) is 17.5. The molecule has 168 valence electrons. The Kier molecular flexibility index (Phi) is 6.41. The molecule has 1 aliphatic carbocycles. The molecule has 1 saturated carbocycles. The van der Waals surface area contributed by atoms with Gasteiger partial charge in [0.1, 0.15) is 19.0 Å². The van der Waals surface area contributed by atoms with E-state index in [4.69, 9.17) is 14.2 Å². The quantitative estimate of drug-likeness (QED) is 0.544. The third-order valence-corrected chi connectivity index (χ3v) is 5.28. The van der Waals surface area contributed by atoms with E-state index < -0.39 is 17.7 Å². The molecule has 1 heterocycles. The summed E-state index contributed by atoms with van der Waals surface area (Å²) in [5.74, 6) is -0.350. The summed E-state index contributed by atoms with van der Waals surface area (Å²) in [6.45, 7) is 0.178. The second-order valence-corrected chi connectivity index (χ2v) is 7.66. The molecule has 32 heavy (non-hydrogen) atoms. The lowest BCUT2D eigenvalue weighted by Crippen LogP contribution is -2.20. The molecule has 0 aliphatic heterocycles. The molecule has 1 aliphatic rings. The van der Waals surface area contributed by atoms with Crippen LogP contribution in [-0.4, -0.2) is 29.5 Å². The number of pyridine rings is 1. The SMILES string of the molecule is COc1cc(-n2ccc(OCc3ccc(F)c(F)c3)cc2=O)ccc1OC[C@H](O)C1CC1. The fourth-order valence-corrected chi connectivity index (χ4v) is 3.28. The van der Waals surface area contributed by atoms with Crippen LogP contribution in [0, 0.1) is 17.6 Å². The van der Waals surface area contributed by atoms with Crippen molar-refractivity contribution in [2.45, 2.75) is 25.6 Å². The second-order valence-electron chi connectivity index (χ2n) is 7.66. The molecule has 2 aromatic carbocycles. The van der Waals surface area contributed by atoms with Gasteiger partial charge in [0, 0.05) is 18.3 Å². The molecule has 4 rings (SSSR count). The Morgan fingerprint density at radius 2 is 1.84 bits per heavy atom. The van der Waals surface area contributed by atoms with Gasteiger partial charge in [-0.05, 0) is 54.7 Å². The van der Waals surface area contributed by atoms with Crippen LogP contribution in [0.2, 0.25) is 0 Å². The number of rotatable bonds is 9. The number of benzene rings is 2. The van der Waals surface area contributed by atoms with Gasteiger partial charge in [-0.3, -0.25) is 9.36 Å². The standard InChI is InChI=1S/C24H23F2NO5/c1-30-23-11-17(5-7-22(23)32-14-21(28)16-3-4-16)27-9-8-18(12-24(27)29)31-13-15-2-6-19(25)20(26)10-15/h2,5-12,16,21,28H,3-4,13-14H2,1H3/t21-/m0/s1. The molecule has 1 fully saturated rings. The molecule has 0 spiro atoms. The van der Waals surface area contributed by atoms with E-state index in [0.29, 0.717) is 34.4 Å². The van der Waals surface area contributed by atoms with Gasteiger partial charge >= 0.3 is 0 Å². The Morgan fingerprint density at radius 1 is 1.03 bits per heavy atom. The maximum atomic E-state index is 13.3. The molecule has 0 amide bonds. The van der Waals surface area contributed by atoms with E-state index in [2.05, 4.69) is 0 Å². The number of aliphatic hydroxyl groups excluding tert-OH is 1. The van der Waals surface area contributed by atoms with Crippen molar-refractivity contribution >= 4 is 0 Å². The summed E-state index contributed by atoms with van der Waals surface area (Å²) in [6.07, 6.45) is 3.09. The van der Waals surface area contributed by atoms with E-state index in [1.165, 1.54) is 23.8 Å². The van der Waals surface area contributed by atoms with Crippen LogP contribution in [0.3, 0.4) is 0 Å². The zero-order valence-corrected chi connectivity index (χ0v) is 17.5. The first-order valence-electron chi connectivity index (χ1n) is 10.2. The summed E-state index contributed by atoms with van der Waals surface area (Å²) in [4.78, 5) is 12.6. The van der Waals surface area contributed by atoms with Crippen LogP contribution in [0.1, 0.15) is 18.4 Å². The van der Waals surface area contributed by atoms with Gasteiger partial charge in [-0.15, -0.1) is 0 Å². The van der Waals surface area contributed by atoms with Crippen LogP contribution in [0.5, 0.6) is 17.2 Å². The van der Waals surface area contributed by atoms with E-state index in [-0.39, 0.29) is 18.8 Å². The number of aromatic nitrogens is 1. The zero-order chi connectivity index (χ0) is 22.7. The van der Waals surface area contributed by atoms with Crippen LogP contribution in [0.4, 0.5) is 8.78 Å². The minimum Gasteiger partial charge on any atom is -0.493 e. The van der Waals surface area contributed by atoms with Crippen LogP contribution in [-0.2, 0) is 6.61 Å². The summed E-state index contributed by atoms with van der Waals surface area (Å²) in [7, 11) is 1.50. The Balaban J connectivity index is 1.45. The van der Waals surface area contributed by atoms with E-state index in [9.17, 15) is 18.7 Å². The number of halogens is 2. The molecular weight excluding hydrogens is 420 g/mol. The molecular formula is C24H23F2NO5. The average molecular weight is 443 g/mol. The van der Waals surface area contributed by atoms with Crippen LogP contribution in [0.25, 0.3) is 5.69 Å². The van der Waals surface area contributed by atoms with Crippen molar-refractivity contribution in [2.75, 3.05) is 13.7 Å². The minimum absolute atomic E-state index is 0.00673. The van der Waals surface area contributed by atoms with Crippen molar-refractivity contribution in [1.29, 1.82) is 0 Å². The van der Waals surface area contributed by atoms with Gasteiger partial charge in [0.05, 0.1) is 18.9 Å². The molecule has 1 N–H and O–H groups in total. The van der Waals surface area contributed by atoms with Crippen LogP contribution < -0.4 is 19.8 Å². The number of nitrogens with zero attached hydrogens (tertiary/aromatic N) is 1. The largest absolute Gasteiger partial charge is 0.493 e. The molecule has 0 bridgehead atoms. The first-order chi connectivity index (χ1) is 15.4. The van der Waals surface area contributed by atoms with Gasteiger partial charge in [0.25, 0.3) is 5.56 Å². The van der Waals surface area contributed by atoms with Crippen molar-refractivity contribution in [3.05, 3.63) is 82.3 Å². The molecule has 0 radical (unpaired) electrons. The second kappa shape index (κ2) is 9.40. The number of aliphatic hydroxyl groups is 1. The van der Waals surface area contributed by atoms with E-state index in [1.807, 2.05) is 0 Å². The molecule has 6 nitrogen and oxygen atoms in total. The summed E-state index contributed by atoms with van der Waals surface area (Å²) < 4.78 is 44.3. The molecule has 3 aromatic rings. The Morgan fingerprint density at radius 3 is 2.53 bits per heavy atom. The Labute approximate surface area is 183 Å². The molecule has 1 atom stereocenters. The van der Waals surface area contributed by atoms with Crippen molar-refractivity contribution in [3.63, 3.8) is 0 Å². The predicted molar refractivity (Wildman–Crippen MR) is 114 cm³/mol. The molecule has 1 aromatic heterocycles. The fourth-order valence-electron chi connectivity index (χ4n) is 3.28. The first-order valence-corrected chi connectivity index (χ1v) is 10.2. The summed E-state index contributed by atoms with van der Waals surface area (Å²) in [5.41, 5.74) is 0.668. The number of hydrogen-bond donors (Lipinski definition) is 1. The van der Waals surface area contributed by atoms with E-state index in [1.54, 1.807) is 30.5 Å². The van der Waals surface area contributed by atoms with Gasteiger partial charge in [-0.25, -0.2) is 8.78 Å². The highest BCUT2D eigenvalue weighted by Gasteiger charge is 2.30. The lowest BCUT2D eigenvalue weighted by molar-refractivity contribution is 0.0880. The first kappa shape index (κ1) is 21.8. The van der Waals surface area contributed by atoms with E-state index in [0.717, 1.165) is 25.0 Å². The maximum Gasteiger partial charge on any atom is 0.258 e. The van der Waals surface area contributed by atoms with Gasteiger partial charge in [-0.1, -0.05) is 6.07 Å². The van der Waals surface area contributed by atoms with Gasteiger partial charge < -0.3 is 19.3 Å². The van der Waals surface area contributed by atoms with Crippen LogP contribution >= 0.6 is 0 Å². The molecule has 8 heteroatoms. The van der Waals surface area contributed by atoms with E-state index >= 15 is 0 Å². The third kappa shape index (κ3) is 5.08. The predicted octanol–water partition coefficient (Wildman–Crippen LogP) is 3.85. The number of ether oxygens (including phenoxy) is 3. The van der Waals surface area contributed by atoms with Crippen molar-refractivity contribution in [1.82, 2.24) is 4.57 Å². The maximum absolute atomic E-state index is 13.3. The van der Waals surface area contributed by atoms with Crippen molar-refractivity contribution < 1.29 is 28.1 Å². The van der Waals surface area contributed by atoms with Crippen molar-refractivity contribution in [2.24, 2.45) is 5.92 Å².